The van der Waals surface area contributed by atoms with E-state index in [1.165, 1.54) is 0 Å². The van der Waals surface area contributed by atoms with Crippen molar-refractivity contribution in [2.45, 2.75) is 38.1 Å². The van der Waals surface area contributed by atoms with Gasteiger partial charge in [0.1, 0.15) is 0 Å². The monoisotopic (exact) mass is 326 g/mol. The van der Waals surface area contributed by atoms with Crippen LogP contribution >= 0.6 is 0 Å². The molecule has 7 N–H and O–H groups in total. The topological polar surface area (TPSA) is 148 Å². The van der Waals surface area contributed by atoms with Crippen LogP contribution in [0.25, 0.3) is 0 Å². The van der Waals surface area contributed by atoms with Crippen LogP contribution in [0.5, 0.6) is 5.75 Å². The van der Waals surface area contributed by atoms with Crippen molar-refractivity contribution >= 4 is 5.91 Å². The van der Waals surface area contributed by atoms with Crippen LogP contribution in [0.15, 0.2) is 9.59 Å². The van der Waals surface area contributed by atoms with E-state index in [4.69, 9.17) is 11.5 Å². The van der Waals surface area contributed by atoms with Crippen LogP contribution in [-0.4, -0.2) is 43.2 Å². The first-order valence-electron chi connectivity index (χ1n) is 7.94. The van der Waals surface area contributed by atoms with E-state index in [1.807, 2.05) is 0 Å². The molecule has 0 saturated carbocycles. The SMILES string of the molecule is NCCCCNCCCNC(=O)C(N)CCc1c(O)c(=O)c1=O. The highest BCUT2D eigenvalue weighted by Crippen LogP contribution is 2.11. The molecular weight excluding hydrogens is 300 g/mol. The van der Waals surface area contributed by atoms with Crippen LogP contribution in [0.2, 0.25) is 0 Å². The molecule has 0 aliphatic carbocycles. The second-order valence-electron chi connectivity index (χ2n) is 5.52. The van der Waals surface area contributed by atoms with Crippen molar-refractivity contribution in [1.29, 1.82) is 0 Å². The molecule has 0 bridgehead atoms. The highest BCUT2D eigenvalue weighted by atomic mass is 16.3. The number of amides is 1. The van der Waals surface area contributed by atoms with E-state index < -0.39 is 22.6 Å². The standard InChI is InChI=1S/C15H26N4O4/c16-6-1-2-7-18-8-3-9-19-15(23)11(17)5-4-10-12(20)14(22)13(10)21/h11,18,20H,1-9,16-17H2,(H,19,23). The van der Waals surface area contributed by atoms with Gasteiger partial charge in [-0.1, -0.05) is 0 Å². The summed E-state index contributed by atoms with van der Waals surface area (Å²) < 4.78 is 0. The summed E-state index contributed by atoms with van der Waals surface area (Å²) in [6.45, 7) is 2.93. The summed E-state index contributed by atoms with van der Waals surface area (Å²) in [5, 5.41) is 15.2. The van der Waals surface area contributed by atoms with Crippen LogP contribution in [0, 0.1) is 0 Å². The number of unbranched alkanes of at least 4 members (excludes halogenated alkanes) is 1. The highest BCUT2D eigenvalue weighted by molar-refractivity contribution is 5.81. The van der Waals surface area contributed by atoms with Gasteiger partial charge >= 0.3 is 0 Å². The van der Waals surface area contributed by atoms with Crippen LogP contribution in [-0.2, 0) is 11.2 Å². The number of nitrogens with one attached hydrogen (secondary N) is 2. The maximum atomic E-state index is 11.8. The molecule has 0 aliphatic heterocycles. The van der Waals surface area contributed by atoms with Gasteiger partial charge in [0, 0.05) is 12.1 Å². The van der Waals surface area contributed by atoms with Gasteiger partial charge in [0.05, 0.1) is 6.04 Å². The Morgan fingerprint density at radius 1 is 1.09 bits per heavy atom. The van der Waals surface area contributed by atoms with E-state index in [0.717, 1.165) is 32.4 Å². The van der Waals surface area contributed by atoms with Gasteiger partial charge in [-0.15, -0.1) is 0 Å². The average molecular weight is 326 g/mol. The molecule has 23 heavy (non-hydrogen) atoms. The lowest BCUT2D eigenvalue weighted by Crippen LogP contribution is -2.42. The Morgan fingerprint density at radius 2 is 1.78 bits per heavy atom. The van der Waals surface area contributed by atoms with Gasteiger partial charge in [-0.25, -0.2) is 0 Å². The fraction of sp³-hybridized carbons (Fsp3) is 0.667. The smallest absolute Gasteiger partial charge is 0.267 e. The first-order valence-corrected chi connectivity index (χ1v) is 7.94. The maximum absolute atomic E-state index is 11.8. The zero-order valence-corrected chi connectivity index (χ0v) is 13.3. The van der Waals surface area contributed by atoms with Crippen LogP contribution in [0.4, 0.5) is 0 Å². The molecule has 1 unspecified atom stereocenters. The molecule has 0 aliphatic rings. The summed E-state index contributed by atoms with van der Waals surface area (Å²) in [6, 6.07) is -0.767. The minimum absolute atomic E-state index is 0.0694. The zero-order chi connectivity index (χ0) is 17.2. The minimum Gasteiger partial charge on any atom is -0.504 e. The molecular formula is C15H26N4O4. The summed E-state index contributed by atoms with van der Waals surface area (Å²) in [5.41, 5.74) is 9.64. The maximum Gasteiger partial charge on any atom is 0.267 e. The van der Waals surface area contributed by atoms with Gasteiger partial charge in [-0.2, -0.15) is 0 Å². The Labute approximate surface area is 134 Å². The van der Waals surface area contributed by atoms with Gasteiger partial charge in [0.2, 0.25) is 11.3 Å². The molecule has 8 nitrogen and oxygen atoms in total. The fourth-order valence-corrected chi connectivity index (χ4v) is 2.16. The van der Waals surface area contributed by atoms with E-state index in [9.17, 15) is 19.5 Å². The van der Waals surface area contributed by atoms with Crippen molar-refractivity contribution in [2.75, 3.05) is 26.2 Å². The van der Waals surface area contributed by atoms with E-state index >= 15 is 0 Å². The van der Waals surface area contributed by atoms with Gasteiger partial charge in [-0.3, -0.25) is 14.4 Å². The van der Waals surface area contributed by atoms with Crippen molar-refractivity contribution < 1.29 is 9.90 Å². The van der Waals surface area contributed by atoms with Gasteiger partial charge in [-0.05, 0) is 51.7 Å². The lowest BCUT2D eigenvalue weighted by Gasteiger charge is -2.13. The second kappa shape index (κ2) is 10.1. The van der Waals surface area contributed by atoms with Crippen molar-refractivity contribution in [3.63, 3.8) is 0 Å². The Bertz CT molecular complexity index is 566. The van der Waals surface area contributed by atoms with Gasteiger partial charge in [0.25, 0.3) is 5.43 Å². The molecule has 1 aromatic carbocycles. The molecule has 130 valence electrons. The predicted molar refractivity (Wildman–Crippen MR) is 88.1 cm³/mol. The van der Waals surface area contributed by atoms with Crippen molar-refractivity contribution in [1.82, 2.24) is 10.6 Å². The quantitative estimate of drug-likeness (QED) is 0.222. The summed E-state index contributed by atoms with van der Waals surface area (Å²) in [4.78, 5) is 33.8. The largest absolute Gasteiger partial charge is 0.504 e. The van der Waals surface area contributed by atoms with Gasteiger partial charge < -0.3 is 27.2 Å². The molecule has 1 rings (SSSR count). The van der Waals surface area contributed by atoms with E-state index in [0.29, 0.717) is 13.1 Å². The molecule has 0 saturated heterocycles. The van der Waals surface area contributed by atoms with E-state index in [1.54, 1.807) is 0 Å². The number of carbonyl (C=O) groups is 1. The number of aromatic hydroxyl groups is 1. The normalized spacial score (nSPS) is 12.4. The fourth-order valence-electron chi connectivity index (χ4n) is 2.16. The Hall–Kier alpha value is -1.77. The molecule has 0 aromatic heterocycles. The number of nitrogens with two attached hydrogens (primary N) is 2. The molecule has 1 atom stereocenters. The Balaban J connectivity index is 2.10. The number of hydrogen-bond donors (Lipinski definition) is 5. The molecule has 0 fully saturated rings. The first-order chi connectivity index (χ1) is 11.0. The second-order valence-corrected chi connectivity index (χ2v) is 5.52. The molecule has 0 radical (unpaired) electrons. The number of hydrogen-bond acceptors (Lipinski definition) is 7. The lowest BCUT2D eigenvalue weighted by molar-refractivity contribution is -0.122. The predicted octanol–water partition coefficient (Wildman–Crippen LogP) is -1.92. The zero-order valence-electron chi connectivity index (χ0n) is 13.3. The van der Waals surface area contributed by atoms with E-state index in [2.05, 4.69) is 10.6 Å². The molecule has 1 aromatic rings. The van der Waals surface area contributed by atoms with Crippen molar-refractivity contribution in [3.8, 4) is 5.75 Å². The molecule has 0 heterocycles. The number of rotatable bonds is 12. The van der Waals surface area contributed by atoms with Crippen molar-refractivity contribution in [2.24, 2.45) is 11.5 Å². The molecule has 8 heteroatoms. The molecule has 0 spiro atoms. The number of carbonyl (C=O) groups excluding carboxylic acids is 1. The minimum atomic E-state index is -0.864. The average Bonchev–Trinajstić information content (AvgIpc) is 2.56. The third kappa shape index (κ3) is 6.09. The van der Waals surface area contributed by atoms with Crippen LogP contribution in [0.1, 0.15) is 31.2 Å². The summed E-state index contributed by atoms with van der Waals surface area (Å²) in [6.07, 6.45) is 3.17. The molecule has 1 amide bonds. The summed E-state index contributed by atoms with van der Waals surface area (Å²) in [5.74, 6) is -0.797. The third-order valence-electron chi connectivity index (χ3n) is 3.66. The Kier molecular flexibility index (Phi) is 8.46. The van der Waals surface area contributed by atoms with Crippen LogP contribution < -0.4 is 33.0 Å². The lowest BCUT2D eigenvalue weighted by atomic mass is 10.0. The highest BCUT2D eigenvalue weighted by Gasteiger charge is 2.21. The Morgan fingerprint density at radius 3 is 2.43 bits per heavy atom. The summed E-state index contributed by atoms with van der Waals surface area (Å²) in [7, 11) is 0. The van der Waals surface area contributed by atoms with Crippen molar-refractivity contribution in [3.05, 3.63) is 26.0 Å². The van der Waals surface area contributed by atoms with E-state index in [-0.39, 0.29) is 24.3 Å². The van der Waals surface area contributed by atoms with Gasteiger partial charge in [0.15, 0.2) is 5.75 Å². The first kappa shape index (κ1) is 19.3. The van der Waals surface area contributed by atoms with Crippen LogP contribution in [0.3, 0.4) is 0 Å². The summed E-state index contributed by atoms with van der Waals surface area (Å²) >= 11 is 0. The third-order valence-corrected chi connectivity index (χ3v) is 3.66.